The Bertz CT molecular complexity index is 631. The van der Waals surface area contributed by atoms with Gasteiger partial charge in [0, 0.05) is 11.6 Å². The van der Waals surface area contributed by atoms with E-state index in [1.165, 1.54) is 7.11 Å². The molecule has 1 atom stereocenters. The van der Waals surface area contributed by atoms with Crippen LogP contribution in [0.2, 0.25) is 0 Å². The second-order valence-corrected chi connectivity index (χ2v) is 5.14. The van der Waals surface area contributed by atoms with E-state index >= 15 is 0 Å². The van der Waals surface area contributed by atoms with E-state index in [0.717, 1.165) is 35.5 Å². The zero-order valence-corrected chi connectivity index (χ0v) is 11.7. The third-order valence-corrected chi connectivity index (χ3v) is 3.57. The molecule has 0 bridgehead atoms. The van der Waals surface area contributed by atoms with Crippen LogP contribution in [0.15, 0.2) is 22.6 Å². The van der Waals surface area contributed by atoms with Gasteiger partial charge in [0.2, 0.25) is 0 Å². The first-order valence-corrected chi connectivity index (χ1v) is 6.96. The lowest BCUT2D eigenvalue weighted by atomic mass is 10.2. The van der Waals surface area contributed by atoms with Gasteiger partial charge in [0.25, 0.3) is 0 Å². The lowest BCUT2D eigenvalue weighted by Crippen LogP contribution is -2.29. The van der Waals surface area contributed by atoms with Gasteiger partial charge in [-0.1, -0.05) is 6.92 Å². The molecule has 3 rings (SSSR count). The van der Waals surface area contributed by atoms with Crippen LogP contribution >= 0.6 is 0 Å². The maximum atomic E-state index is 11.6. The first-order valence-electron chi connectivity index (χ1n) is 6.96. The fraction of sp³-hybridized carbons (Fsp3) is 0.467. The van der Waals surface area contributed by atoms with Gasteiger partial charge < -0.3 is 14.5 Å². The number of anilines is 1. The van der Waals surface area contributed by atoms with Crippen LogP contribution in [0.25, 0.3) is 11.1 Å². The summed E-state index contributed by atoms with van der Waals surface area (Å²) in [5, 5.41) is 3.17. The first kappa shape index (κ1) is 13.0. The molecule has 0 amide bonds. The Morgan fingerprint density at radius 3 is 3.00 bits per heavy atom. The molecule has 1 aliphatic rings. The summed E-state index contributed by atoms with van der Waals surface area (Å²) in [5.41, 5.74) is 2.48. The molecule has 1 N–H and O–H groups in total. The van der Waals surface area contributed by atoms with Gasteiger partial charge in [-0.25, -0.2) is 9.78 Å². The predicted octanol–water partition coefficient (Wildman–Crippen LogP) is 3.07. The topological polar surface area (TPSA) is 64.4 Å². The van der Waals surface area contributed by atoms with Gasteiger partial charge in [0.15, 0.2) is 11.5 Å². The number of carbonyl (C=O) groups is 1. The second-order valence-electron chi connectivity index (χ2n) is 5.14. The van der Waals surface area contributed by atoms with Crippen LogP contribution in [-0.4, -0.2) is 24.1 Å². The van der Waals surface area contributed by atoms with E-state index in [4.69, 9.17) is 9.15 Å². The van der Waals surface area contributed by atoms with Gasteiger partial charge in [-0.2, -0.15) is 0 Å². The van der Waals surface area contributed by atoms with E-state index in [0.29, 0.717) is 12.3 Å². The maximum Gasteiger partial charge on any atom is 0.328 e. The van der Waals surface area contributed by atoms with E-state index in [1.54, 1.807) is 0 Å². The highest BCUT2D eigenvalue weighted by Crippen LogP contribution is 2.40. The molecule has 0 radical (unpaired) electrons. The third kappa shape index (κ3) is 2.48. The van der Waals surface area contributed by atoms with Crippen LogP contribution in [0.4, 0.5) is 5.69 Å². The number of oxazole rings is 1. The van der Waals surface area contributed by atoms with E-state index in [1.807, 2.05) is 25.1 Å². The van der Waals surface area contributed by atoms with Gasteiger partial charge in [0.1, 0.15) is 11.6 Å². The Morgan fingerprint density at radius 1 is 1.55 bits per heavy atom. The van der Waals surface area contributed by atoms with E-state index in [9.17, 15) is 4.79 Å². The number of hydrogen-bond acceptors (Lipinski definition) is 5. The van der Waals surface area contributed by atoms with Crippen molar-refractivity contribution in [1.82, 2.24) is 4.98 Å². The molecule has 1 aromatic carbocycles. The Labute approximate surface area is 117 Å². The fourth-order valence-electron chi connectivity index (χ4n) is 2.21. The molecule has 106 valence electrons. The smallest absolute Gasteiger partial charge is 0.328 e. The van der Waals surface area contributed by atoms with Crippen LogP contribution in [0.5, 0.6) is 0 Å². The van der Waals surface area contributed by atoms with Gasteiger partial charge >= 0.3 is 5.97 Å². The number of esters is 1. The van der Waals surface area contributed by atoms with Crippen LogP contribution in [0.3, 0.4) is 0 Å². The van der Waals surface area contributed by atoms with Crippen molar-refractivity contribution in [2.45, 2.75) is 38.1 Å². The highest BCUT2D eigenvalue weighted by atomic mass is 16.5. The number of nitrogens with zero attached hydrogens (tertiary/aromatic N) is 1. The van der Waals surface area contributed by atoms with Crippen molar-refractivity contribution >= 4 is 22.8 Å². The van der Waals surface area contributed by atoms with Crippen molar-refractivity contribution in [1.29, 1.82) is 0 Å². The summed E-state index contributed by atoms with van der Waals surface area (Å²) < 4.78 is 10.5. The number of rotatable bonds is 5. The second kappa shape index (κ2) is 5.15. The van der Waals surface area contributed by atoms with Crippen molar-refractivity contribution in [3.8, 4) is 0 Å². The highest BCUT2D eigenvalue weighted by molar-refractivity contribution is 5.82. The molecular formula is C15H18N2O3. The largest absolute Gasteiger partial charge is 0.467 e. The fourth-order valence-corrected chi connectivity index (χ4v) is 2.21. The highest BCUT2D eigenvalue weighted by Gasteiger charge is 2.29. The molecule has 1 unspecified atom stereocenters. The number of fused-ring (bicyclic) bond motifs is 1. The molecule has 1 aliphatic carbocycles. The first-order chi connectivity index (χ1) is 9.71. The number of aromatic nitrogens is 1. The van der Waals surface area contributed by atoms with E-state index < -0.39 is 0 Å². The van der Waals surface area contributed by atoms with E-state index in [2.05, 4.69) is 10.3 Å². The molecule has 1 heterocycles. The standard InChI is InChI=1S/C15H18N2O3/c1-3-11(15(18)19-2)16-10-6-7-13-12(8-10)17-14(20-13)9-4-5-9/h6-9,11,16H,3-5H2,1-2H3. The molecule has 1 fully saturated rings. The average Bonchev–Trinajstić information content (AvgIpc) is 3.23. The Balaban J connectivity index is 1.82. The van der Waals surface area contributed by atoms with Crippen LogP contribution in [0, 0.1) is 0 Å². The quantitative estimate of drug-likeness (QED) is 0.849. The molecular weight excluding hydrogens is 256 g/mol. The van der Waals surface area contributed by atoms with Crippen molar-refractivity contribution < 1.29 is 13.9 Å². The normalized spacial score (nSPS) is 16.1. The zero-order chi connectivity index (χ0) is 14.1. The third-order valence-electron chi connectivity index (χ3n) is 3.57. The van der Waals surface area contributed by atoms with Gasteiger partial charge in [0.05, 0.1) is 7.11 Å². The van der Waals surface area contributed by atoms with Crippen LogP contribution in [0.1, 0.15) is 38.0 Å². The molecule has 5 nitrogen and oxygen atoms in total. The number of hydrogen-bond donors (Lipinski definition) is 1. The zero-order valence-electron chi connectivity index (χ0n) is 11.7. The van der Waals surface area contributed by atoms with Crippen molar-refractivity contribution in [3.05, 3.63) is 24.1 Å². The van der Waals surface area contributed by atoms with Crippen molar-refractivity contribution in [2.75, 3.05) is 12.4 Å². The summed E-state index contributed by atoms with van der Waals surface area (Å²) in [4.78, 5) is 16.1. The number of nitrogens with one attached hydrogen (secondary N) is 1. The van der Waals surface area contributed by atoms with Crippen LogP contribution < -0.4 is 5.32 Å². The van der Waals surface area contributed by atoms with Gasteiger partial charge in [-0.05, 0) is 37.5 Å². The van der Waals surface area contributed by atoms with Crippen molar-refractivity contribution in [3.63, 3.8) is 0 Å². The summed E-state index contributed by atoms with van der Waals surface area (Å²) in [6.07, 6.45) is 2.99. The molecule has 5 heteroatoms. The minimum atomic E-state index is -0.341. The SMILES string of the molecule is CCC(Nc1ccc2oc(C3CC3)nc2c1)C(=O)OC. The van der Waals surface area contributed by atoms with Gasteiger partial charge in [-0.15, -0.1) is 0 Å². The summed E-state index contributed by atoms with van der Waals surface area (Å²) in [6, 6.07) is 5.36. The van der Waals surface area contributed by atoms with E-state index in [-0.39, 0.29) is 12.0 Å². The summed E-state index contributed by atoms with van der Waals surface area (Å²) in [7, 11) is 1.40. The minimum Gasteiger partial charge on any atom is -0.467 e. The van der Waals surface area contributed by atoms with Gasteiger partial charge in [-0.3, -0.25) is 0 Å². The lowest BCUT2D eigenvalue weighted by Gasteiger charge is -2.15. The number of ether oxygens (including phenoxy) is 1. The lowest BCUT2D eigenvalue weighted by molar-refractivity contribution is -0.141. The molecule has 2 aromatic rings. The molecule has 0 spiro atoms. The number of carbonyl (C=O) groups excluding carboxylic acids is 1. The Hall–Kier alpha value is -2.04. The molecule has 20 heavy (non-hydrogen) atoms. The predicted molar refractivity (Wildman–Crippen MR) is 75.7 cm³/mol. The maximum absolute atomic E-state index is 11.6. The average molecular weight is 274 g/mol. The molecule has 1 saturated carbocycles. The summed E-state index contributed by atoms with van der Waals surface area (Å²) in [6.45, 7) is 1.94. The number of methoxy groups -OCH3 is 1. The molecule has 1 aromatic heterocycles. The summed E-state index contributed by atoms with van der Waals surface area (Å²) in [5.74, 6) is 1.07. The van der Waals surface area contributed by atoms with Crippen LogP contribution in [-0.2, 0) is 9.53 Å². The molecule has 0 saturated heterocycles. The van der Waals surface area contributed by atoms with Crippen molar-refractivity contribution in [2.24, 2.45) is 0 Å². The Morgan fingerprint density at radius 2 is 2.35 bits per heavy atom. The summed E-state index contributed by atoms with van der Waals surface area (Å²) >= 11 is 0. The Kier molecular flexibility index (Phi) is 3.34. The minimum absolute atomic E-state index is 0.258. The number of benzene rings is 1. The monoisotopic (exact) mass is 274 g/mol. The molecule has 0 aliphatic heterocycles.